The Morgan fingerprint density at radius 3 is 2.32 bits per heavy atom. The molecule has 3 saturated carbocycles. The molecule has 37 heavy (non-hydrogen) atoms. The molecular weight excluding hydrogens is 480 g/mol. The first-order chi connectivity index (χ1) is 17.0. The van der Waals surface area contributed by atoms with Crippen molar-refractivity contribution in [2.45, 2.75) is 122 Å². The van der Waals surface area contributed by atoms with Gasteiger partial charge in [-0.3, -0.25) is 4.79 Å². The molecule has 0 aliphatic heterocycles. The van der Waals surface area contributed by atoms with Gasteiger partial charge in [0.25, 0.3) is 0 Å². The molecule has 0 unspecified atom stereocenters. The number of Topliss-reactive ketones (excluding diaryl/α,β-unsaturated/α-hetero) is 1. The number of aliphatic hydroxyl groups is 1. The van der Waals surface area contributed by atoms with E-state index < -0.39 is 24.7 Å². The van der Waals surface area contributed by atoms with Gasteiger partial charge < -0.3 is 14.3 Å². The van der Waals surface area contributed by atoms with E-state index in [1.165, 1.54) is 0 Å². The van der Waals surface area contributed by atoms with Crippen LogP contribution in [0.4, 0.5) is 0 Å². The first-order valence-electron chi connectivity index (χ1n) is 14.2. The van der Waals surface area contributed by atoms with Crippen molar-refractivity contribution in [2.75, 3.05) is 0 Å². The van der Waals surface area contributed by atoms with Crippen molar-refractivity contribution < 1.29 is 23.9 Å². The highest BCUT2D eigenvalue weighted by molar-refractivity contribution is 6.74. The number of rotatable bonds is 4. The maximum Gasteiger partial charge on any atom is 0.338 e. The molecule has 206 valence electrons. The molecular formula is C31H48O5Si. The van der Waals surface area contributed by atoms with Crippen LogP contribution in [0.15, 0.2) is 30.3 Å². The molecule has 0 amide bonds. The number of benzene rings is 1. The number of carbonyl (C=O) groups excluding carboxylic acids is 2. The fourth-order valence-electron chi connectivity index (χ4n) is 7.12. The van der Waals surface area contributed by atoms with Crippen LogP contribution in [-0.2, 0) is 14.0 Å². The normalized spacial score (nSPS) is 36.2. The number of fused-ring (bicyclic) bond motifs is 3. The zero-order valence-corrected chi connectivity index (χ0v) is 25.2. The minimum atomic E-state index is -2.12. The molecule has 6 atom stereocenters. The van der Waals surface area contributed by atoms with Crippen LogP contribution in [0.5, 0.6) is 0 Å². The predicted octanol–water partition coefficient (Wildman–Crippen LogP) is 6.94. The van der Waals surface area contributed by atoms with Crippen LogP contribution >= 0.6 is 0 Å². The fraction of sp³-hybridized carbons (Fsp3) is 0.742. The van der Waals surface area contributed by atoms with Gasteiger partial charge in [0.1, 0.15) is 11.7 Å². The van der Waals surface area contributed by atoms with E-state index in [4.69, 9.17) is 9.16 Å². The lowest BCUT2D eigenvalue weighted by molar-refractivity contribution is -0.152. The van der Waals surface area contributed by atoms with Crippen LogP contribution in [-0.4, -0.2) is 43.0 Å². The number of hydrogen-bond donors (Lipinski definition) is 1. The monoisotopic (exact) mass is 528 g/mol. The summed E-state index contributed by atoms with van der Waals surface area (Å²) in [5.41, 5.74) is -1.80. The van der Waals surface area contributed by atoms with Gasteiger partial charge in [-0.2, -0.15) is 0 Å². The third kappa shape index (κ3) is 4.87. The Bertz CT molecular complexity index is 1010. The Balaban J connectivity index is 1.77. The zero-order valence-electron chi connectivity index (χ0n) is 24.2. The molecule has 3 aliphatic rings. The number of ketones is 1. The second-order valence-electron chi connectivity index (χ2n) is 14.4. The van der Waals surface area contributed by atoms with Crippen LogP contribution in [0.3, 0.4) is 0 Å². The molecule has 4 rings (SSSR count). The van der Waals surface area contributed by atoms with Gasteiger partial charge in [-0.15, -0.1) is 0 Å². The lowest BCUT2D eigenvalue weighted by atomic mass is 9.60. The zero-order chi connectivity index (χ0) is 27.4. The third-order valence-corrected chi connectivity index (χ3v) is 15.6. The summed E-state index contributed by atoms with van der Waals surface area (Å²) in [7, 11) is -2.12. The Morgan fingerprint density at radius 2 is 1.70 bits per heavy atom. The van der Waals surface area contributed by atoms with Gasteiger partial charge in [-0.25, -0.2) is 4.79 Å². The van der Waals surface area contributed by atoms with E-state index in [0.717, 1.165) is 25.7 Å². The fourth-order valence-corrected chi connectivity index (χ4v) is 8.51. The molecule has 0 aromatic heterocycles. The number of esters is 1. The first kappa shape index (κ1) is 28.5. The second-order valence-corrected chi connectivity index (χ2v) is 19.1. The van der Waals surface area contributed by atoms with E-state index >= 15 is 0 Å². The van der Waals surface area contributed by atoms with Crippen molar-refractivity contribution >= 4 is 20.1 Å². The van der Waals surface area contributed by atoms with Crippen molar-refractivity contribution in [3.8, 4) is 0 Å². The molecule has 0 heterocycles. The lowest BCUT2D eigenvalue weighted by Gasteiger charge is -2.52. The van der Waals surface area contributed by atoms with E-state index in [0.29, 0.717) is 18.4 Å². The van der Waals surface area contributed by atoms with E-state index in [1.54, 1.807) is 12.1 Å². The Morgan fingerprint density at radius 1 is 1.05 bits per heavy atom. The van der Waals surface area contributed by atoms with E-state index in [1.807, 2.05) is 32.0 Å². The van der Waals surface area contributed by atoms with Crippen molar-refractivity contribution in [2.24, 2.45) is 22.7 Å². The highest BCUT2D eigenvalue weighted by Crippen LogP contribution is 2.59. The number of ether oxygens (including phenoxy) is 1. The van der Waals surface area contributed by atoms with Crippen molar-refractivity contribution in [3.63, 3.8) is 0 Å². The molecule has 2 bridgehead atoms. The summed E-state index contributed by atoms with van der Waals surface area (Å²) < 4.78 is 13.5. The lowest BCUT2D eigenvalue weighted by Crippen LogP contribution is -2.55. The molecule has 1 aromatic rings. The van der Waals surface area contributed by atoms with E-state index in [9.17, 15) is 14.7 Å². The van der Waals surface area contributed by atoms with Gasteiger partial charge in [-0.1, -0.05) is 66.2 Å². The standard InChI is InChI=1S/C31H48O5Si/c1-28(2,3)37(7,8)36-24-15-12-17-30(6)23(24)20-25(32)31(34)18-16-22(29(31,4)5)19-26(30)35-27(33)21-13-10-9-11-14-21/h9-11,13-14,22-24,26,34H,12,15-20H2,1-8H3/t22-,23-,24-,26+,30+,31+/m0/s1. The average Bonchev–Trinajstić information content (AvgIpc) is 3.04. The maximum atomic E-state index is 14.0. The van der Waals surface area contributed by atoms with Gasteiger partial charge in [-0.05, 0) is 74.2 Å². The highest BCUT2D eigenvalue weighted by atomic mass is 28.4. The van der Waals surface area contributed by atoms with E-state index in [-0.39, 0.29) is 47.3 Å². The second kappa shape index (κ2) is 9.60. The van der Waals surface area contributed by atoms with Crippen LogP contribution in [0.2, 0.25) is 18.1 Å². The maximum absolute atomic E-state index is 14.0. The molecule has 0 spiro atoms. The summed E-state index contributed by atoms with van der Waals surface area (Å²) in [4.78, 5) is 27.4. The molecule has 5 nitrogen and oxygen atoms in total. The van der Waals surface area contributed by atoms with Crippen molar-refractivity contribution in [3.05, 3.63) is 35.9 Å². The minimum Gasteiger partial charge on any atom is -0.458 e. The molecule has 6 heteroatoms. The van der Waals surface area contributed by atoms with Crippen LogP contribution in [0, 0.1) is 22.7 Å². The molecule has 0 radical (unpaired) electrons. The van der Waals surface area contributed by atoms with Gasteiger partial charge in [0.05, 0.1) is 5.56 Å². The summed E-state index contributed by atoms with van der Waals surface area (Å²) in [5.74, 6) is -0.394. The largest absolute Gasteiger partial charge is 0.458 e. The number of carbonyl (C=O) groups is 2. The van der Waals surface area contributed by atoms with Crippen LogP contribution in [0.25, 0.3) is 0 Å². The van der Waals surface area contributed by atoms with Crippen molar-refractivity contribution in [1.82, 2.24) is 0 Å². The smallest absolute Gasteiger partial charge is 0.338 e. The predicted molar refractivity (Wildman–Crippen MR) is 149 cm³/mol. The third-order valence-electron chi connectivity index (χ3n) is 11.1. The van der Waals surface area contributed by atoms with Gasteiger partial charge in [0, 0.05) is 23.4 Å². The minimum absolute atomic E-state index is 0.0435. The van der Waals surface area contributed by atoms with Gasteiger partial charge in [0.2, 0.25) is 0 Å². The van der Waals surface area contributed by atoms with Gasteiger partial charge in [0.15, 0.2) is 14.1 Å². The number of hydrogen-bond acceptors (Lipinski definition) is 5. The average molecular weight is 529 g/mol. The Hall–Kier alpha value is -1.50. The van der Waals surface area contributed by atoms with Crippen molar-refractivity contribution in [1.29, 1.82) is 0 Å². The summed E-state index contributed by atoms with van der Waals surface area (Å²) in [6.07, 6.45) is 4.45. The Kier molecular flexibility index (Phi) is 7.40. The summed E-state index contributed by atoms with van der Waals surface area (Å²) in [6.45, 7) is 17.5. The van der Waals surface area contributed by atoms with E-state index in [2.05, 4.69) is 40.8 Å². The first-order valence-corrected chi connectivity index (χ1v) is 17.1. The SMILES string of the molecule is CC1(C)[C@H]2CC[C@@]1(O)C(=O)C[C@H]1[C@@H](O[Si](C)(C)C(C)(C)C)CCC[C@@]1(C)[C@H](OC(=O)c1ccccc1)C2. The van der Waals surface area contributed by atoms with Crippen LogP contribution in [0.1, 0.15) is 96.8 Å². The molecule has 1 N–H and O–H groups in total. The summed E-state index contributed by atoms with van der Waals surface area (Å²) in [6, 6.07) is 9.19. The summed E-state index contributed by atoms with van der Waals surface area (Å²) >= 11 is 0. The molecule has 3 fully saturated rings. The molecule has 0 saturated heterocycles. The summed E-state index contributed by atoms with van der Waals surface area (Å²) in [5, 5.41) is 11.9. The molecule has 1 aromatic carbocycles. The molecule has 3 aliphatic carbocycles. The Labute approximate surface area is 224 Å². The van der Waals surface area contributed by atoms with Gasteiger partial charge >= 0.3 is 5.97 Å². The topological polar surface area (TPSA) is 72.8 Å². The highest BCUT2D eigenvalue weighted by Gasteiger charge is 2.63. The van der Waals surface area contributed by atoms with Crippen LogP contribution < -0.4 is 0 Å². The quantitative estimate of drug-likeness (QED) is 0.338.